The van der Waals surface area contributed by atoms with Gasteiger partial charge in [0.2, 0.25) is 5.75 Å². The number of ketones is 1. The van der Waals surface area contributed by atoms with E-state index in [1.165, 1.54) is 33.5 Å². The van der Waals surface area contributed by atoms with E-state index in [0.717, 1.165) is 10.5 Å². The molecule has 1 fully saturated rings. The largest absolute Gasteiger partial charge is 0.493 e. The maximum atomic E-state index is 13.0. The van der Waals surface area contributed by atoms with E-state index in [1.807, 2.05) is 30.3 Å². The Morgan fingerprint density at radius 3 is 2.16 bits per heavy atom. The third kappa shape index (κ3) is 4.83. The summed E-state index contributed by atoms with van der Waals surface area (Å²) in [6.45, 7) is 0.277. The van der Waals surface area contributed by atoms with Crippen molar-refractivity contribution in [1.82, 2.24) is 4.90 Å². The van der Waals surface area contributed by atoms with Crippen LogP contribution >= 0.6 is 0 Å². The lowest BCUT2D eigenvalue weighted by Crippen LogP contribution is -2.44. The summed E-state index contributed by atoms with van der Waals surface area (Å²) in [7, 11) is 4.20. The normalized spacial score (nSPS) is 17.7. The van der Waals surface area contributed by atoms with Crippen molar-refractivity contribution in [3.05, 3.63) is 53.6 Å². The number of carbonyl (C=O) groups is 3. The SMILES string of the molecule is COc1cc(C(=O)C(=O)N2C[C@@H](OCc3ccccc3)C[C@H]2C(=O)O)cc(OC)c1OC. The number of benzene rings is 2. The summed E-state index contributed by atoms with van der Waals surface area (Å²) in [5, 5.41) is 9.60. The molecule has 32 heavy (non-hydrogen) atoms. The van der Waals surface area contributed by atoms with Crippen molar-refractivity contribution >= 4 is 17.7 Å². The molecule has 1 N–H and O–H groups in total. The Hall–Kier alpha value is -3.59. The summed E-state index contributed by atoms with van der Waals surface area (Å²) in [5.41, 5.74) is 0.931. The minimum atomic E-state index is -1.19. The van der Waals surface area contributed by atoms with Crippen molar-refractivity contribution in [3.8, 4) is 17.2 Å². The topological polar surface area (TPSA) is 112 Å². The van der Waals surface area contributed by atoms with E-state index in [9.17, 15) is 19.5 Å². The Kier molecular flexibility index (Phi) is 7.32. The molecule has 0 radical (unpaired) electrons. The van der Waals surface area contributed by atoms with Crippen LogP contribution in [0.1, 0.15) is 22.3 Å². The van der Waals surface area contributed by atoms with E-state index in [-0.39, 0.29) is 42.4 Å². The van der Waals surface area contributed by atoms with Crippen LogP contribution in [0.2, 0.25) is 0 Å². The number of carboxylic acid groups (broad SMARTS) is 1. The Bertz CT molecular complexity index is 966. The molecule has 1 amide bonds. The van der Waals surface area contributed by atoms with Crippen LogP contribution in [-0.4, -0.2) is 67.7 Å². The molecule has 0 spiro atoms. The molecular weight excluding hydrogens is 418 g/mol. The first kappa shape index (κ1) is 23.1. The predicted octanol–water partition coefficient (Wildman–Crippen LogP) is 2.17. The van der Waals surface area contributed by atoms with Crippen molar-refractivity contribution in [2.75, 3.05) is 27.9 Å². The van der Waals surface area contributed by atoms with Gasteiger partial charge >= 0.3 is 5.97 Å². The quantitative estimate of drug-likeness (QED) is 0.464. The first-order valence-corrected chi connectivity index (χ1v) is 9.93. The number of nitrogens with zero attached hydrogens (tertiary/aromatic N) is 1. The molecule has 9 nitrogen and oxygen atoms in total. The second kappa shape index (κ2) is 10.1. The summed E-state index contributed by atoms with van der Waals surface area (Å²) in [6.07, 6.45) is -0.413. The number of carboxylic acids is 1. The van der Waals surface area contributed by atoms with Crippen molar-refractivity contribution in [2.45, 2.75) is 25.2 Å². The van der Waals surface area contributed by atoms with Crippen LogP contribution in [0.3, 0.4) is 0 Å². The van der Waals surface area contributed by atoms with Gasteiger partial charge < -0.3 is 29.0 Å². The van der Waals surface area contributed by atoms with E-state index in [0.29, 0.717) is 0 Å². The number of amides is 1. The zero-order valence-corrected chi connectivity index (χ0v) is 18.1. The molecule has 3 rings (SSSR count). The van der Waals surface area contributed by atoms with Crippen LogP contribution in [0.25, 0.3) is 0 Å². The second-order valence-electron chi connectivity index (χ2n) is 7.21. The van der Waals surface area contributed by atoms with Gasteiger partial charge in [0.15, 0.2) is 11.5 Å². The van der Waals surface area contributed by atoms with Crippen molar-refractivity contribution < 1.29 is 38.4 Å². The molecule has 170 valence electrons. The number of hydrogen-bond donors (Lipinski definition) is 1. The van der Waals surface area contributed by atoms with Gasteiger partial charge in [-0.25, -0.2) is 4.79 Å². The van der Waals surface area contributed by atoms with Gasteiger partial charge in [-0.1, -0.05) is 30.3 Å². The highest BCUT2D eigenvalue weighted by molar-refractivity contribution is 6.43. The monoisotopic (exact) mass is 443 g/mol. The van der Waals surface area contributed by atoms with E-state index < -0.39 is 29.8 Å². The van der Waals surface area contributed by atoms with Crippen molar-refractivity contribution in [2.24, 2.45) is 0 Å². The zero-order chi connectivity index (χ0) is 23.3. The Labute approximate surface area is 185 Å². The first-order valence-electron chi connectivity index (χ1n) is 9.93. The minimum absolute atomic E-state index is 0.00119. The average Bonchev–Trinajstić information content (AvgIpc) is 3.26. The number of aliphatic carboxylic acids is 1. The fourth-order valence-electron chi connectivity index (χ4n) is 3.63. The number of ether oxygens (including phenoxy) is 4. The number of likely N-dealkylation sites (tertiary alicyclic amines) is 1. The summed E-state index contributed by atoms with van der Waals surface area (Å²) in [4.78, 5) is 38.7. The molecule has 1 aliphatic rings. The predicted molar refractivity (Wildman–Crippen MR) is 113 cm³/mol. The number of rotatable bonds is 9. The molecule has 0 saturated carbocycles. The maximum absolute atomic E-state index is 13.0. The molecule has 9 heteroatoms. The van der Waals surface area contributed by atoms with E-state index in [1.54, 1.807) is 0 Å². The molecule has 1 heterocycles. The molecule has 2 aromatic carbocycles. The Balaban J connectivity index is 1.78. The summed E-state index contributed by atoms with van der Waals surface area (Å²) >= 11 is 0. The van der Waals surface area contributed by atoms with Crippen LogP contribution in [0.5, 0.6) is 17.2 Å². The lowest BCUT2D eigenvalue weighted by Gasteiger charge is -2.21. The van der Waals surface area contributed by atoms with Crippen LogP contribution in [-0.2, 0) is 20.9 Å². The number of methoxy groups -OCH3 is 3. The van der Waals surface area contributed by atoms with E-state index in [4.69, 9.17) is 18.9 Å². The summed E-state index contributed by atoms with van der Waals surface area (Å²) in [6, 6.07) is 11.0. The average molecular weight is 443 g/mol. The van der Waals surface area contributed by atoms with Crippen LogP contribution < -0.4 is 14.2 Å². The third-order valence-electron chi connectivity index (χ3n) is 5.26. The Morgan fingerprint density at radius 1 is 1.00 bits per heavy atom. The number of Topliss-reactive ketones (excluding diaryl/α,β-unsaturated/α-hetero) is 1. The number of hydrogen-bond acceptors (Lipinski definition) is 7. The van der Waals surface area contributed by atoms with Gasteiger partial charge in [0.05, 0.1) is 34.0 Å². The maximum Gasteiger partial charge on any atom is 0.326 e. The van der Waals surface area contributed by atoms with Gasteiger partial charge in [-0.15, -0.1) is 0 Å². The third-order valence-corrected chi connectivity index (χ3v) is 5.26. The van der Waals surface area contributed by atoms with Crippen molar-refractivity contribution in [1.29, 1.82) is 0 Å². The van der Waals surface area contributed by atoms with Crippen LogP contribution in [0.15, 0.2) is 42.5 Å². The van der Waals surface area contributed by atoms with Crippen LogP contribution in [0, 0.1) is 0 Å². The first-order chi connectivity index (χ1) is 15.4. The fourth-order valence-corrected chi connectivity index (χ4v) is 3.63. The molecular formula is C23H25NO8. The lowest BCUT2D eigenvalue weighted by molar-refractivity contribution is -0.146. The second-order valence-corrected chi connectivity index (χ2v) is 7.21. The zero-order valence-electron chi connectivity index (χ0n) is 18.1. The van der Waals surface area contributed by atoms with Gasteiger partial charge in [-0.05, 0) is 17.7 Å². The minimum Gasteiger partial charge on any atom is -0.493 e. The highest BCUT2D eigenvalue weighted by Crippen LogP contribution is 2.38. The molecule has 2 aromatic rings. The smallest absolute Gasteiger partial charge is 0.326 e. The van der Waals surface area contributed by atoms with Gasteiger partial charge in [0.25, 0.3) is 11.7 Å². The molecule has 1 saturated heterocycles. The summed E-state index contributed by atoms with van der Waals surface area (Å²) in [5.74, 6) is -2.30. The van der Waals surface area contributed by atoms with Gasteiger partial charge in [-0.3, -0.25) is 9.59 Å². The molecule has 2 atom stereocenters. The summed E-state index contributed by atoms with van der Waals surface area (Å²) < 4.78 is 21.5. The molecule has 0 aliphatic carbocycles. The molecule has 1 aliphatic heterocycles. The van der Waals surface area contributed by atoms with E-state index >= 15 is 0 Å². The molecule has 0 bridgehead atoms. The van der Waals surface area contributed by atoms with E-state index in [2.05, 4.69) is 0 Å². The van der Waals surface area contributed by atoms with Crippen molar-refractivity contribution in [3.63, 3.8) is 0 Å². The fraction of sp³-hybridized carbons (Fsp3) is 0.348. The van der Waals surface area contributed by atoms with Crippen LogP contribution in [0.4, 0.5) is 0 Å². The molecule has 0 aromatic heterocycles. The lowest BCUT2D eigenvalue weighted by atomic mass is 10.1. The Morgan fingerprint density at radius 2 is 1.62 bits per heavy atom. The standard InChI is InChI=1S/C23H25NO8/c1-29-18-9-15(10-19(30-2)21(18)31-3)20(25)22(26)24-12-16(11-17(24)23(27)28)32-13-14-7-5-4-6-8-14/h4-10,16-17H,11-13H2,1-3H3,(H,27,28)/t16-,17-/m0/s1. The van der Waals surface area contributed by atoms with Gasteiger partial charge in [0.1, 0.15) is 6.04 Å². The number of carbonyl (C=O) groups excluding carboxylic acids is 2. The molecule has 0 unspecified atom stereocenters. The van der Waals surface area contributed by atoms with Gasteiger partial charge in [-0.2, -0.15) is 0 Å². The highest BCUT2D eigenvalue weighted by Gasteiger charge is 2.42. The van der Waals surface area contributed by atoms with Gasteiger partial charge in [0, 0.05) is 18.5 Å². The highest BCUT2D eigenvalue weighted by atomic mass is 16.5.